The summed E-state index contributed by atoms with van der Waals surface area (Å²) in [5, 5.41) is 12.7. The van der Waals surface area contributed by atoms with E-state index in [9.17, 15) is 19.6 Å². The number of rotatable bonds is 3. The third kappa shape index (κ3) is 2.57. The third-order valence-electron chi connectivity index (χ3n) is 6.58. The van der Waals surface area contributed by atoms with Crippen LogP contribution in [-0.2, 0) is 9.59 Å². The van der Waals surface area contributed by atoms with Crippen molar-refractivity contribution in [2.75, 3.05) is 10.2 Å². The van der Waals surface area contributed by atoms with Crippen LogP contribution < -0.4 is 10.2 Å². The second kappa shape index (κ2) is 6.64. The molecule has 30 heavy (non-hydrogen) atoms. The van der Waals surface area contributed by atoms with E-state index in [-0.39, 0.29) is 41.4 Å². The highest BCUT2D eigenvalue weighted by Gasteiger charge is 2.59. The molecule has 1 aliphatic heterocycles. The molecule has 0 radical (unpaired) electrons. The first-order valence-corrected chi connectivity index (χ1v) is 10.7. The molecule has 2 aliphatic carbocycles. The summed E-state index contributed by atoms with van der Waals surface area (Å²) < 4.78 is 0. The van der Waals surface area contributed by atoms with Gasteiger partial charge in [-0.25, -0.2) is 0 Å². The molecule has 2 heterocycles. The van der Waals surface area contributed by atoms with Gasteiger partial charge in [0.1, 0.15) is 11.1 Å². The Balaban J connectivity index is 1.36. The zero-order valence-electron chi connectivity index (χ0n) is 16.5. The van der Waals surface area contributed by atoms with E-state index in [1.54, 1.807) is 24.3 Å². The molecule has 150 valence electrons. The van der Waals surface area contributed by atoms with Crippen LogP contribution in [-0.4, -0.2) is 17.7 Å². The number of imide groups is 1. The molecule has 2 fully saturated rings. The van der Waals surface area contributed by atoms with Crippen LogP contribution in [0.3, 0.4) is 0 Å². The lowest BCUT2D eigenvalue weighted by atomic mass is 9.85. The van der Waals surface area contributed by atoms with Crippen LogP contribution in [0.25, 0.3) is 0 Å². The van der Waals surface area contributed by atoms with Gasteiger partial charge in [0.2, 0.25) is 11.8 Å². The number of nitrogens with one attached hydrogen (secondary N) is 1. The number of carbonyl (C=O) groups is 3. The Labute approximate surface area is 177 Å². The zero-order chi connectivity index (χ0) is 21.2. The number of hydrogen-bond acceptors (Lipinski definition) is 5. The molecule has 1 saturated heterocycles. The first-order valence-electron chi connectivity index (χ1n) is 9.88. The van der Waals surface area contributed by atoms with Gasteiger partial charge >= 0.3 is 0 Å². The van der Waals surface area contributed by atoms with Crippen molar-refractivity contribution in [1.82, 2.24) is 0 Å². The van der Waals surface area contributed by atoms with Gasteiger partial charge in [0.15, 0.2) is 0 Å². The predicted octanol–water partition coefficient (Wildman–Crippen LogP) is 3.80. The number of nitrogens with zero attached hydrogens (tertiary/aromatic N) is 2. The van der Waals surface area contributed by atoms with Crippen LogP contribution in [0.2, 0.25) is 0 Å². The number of thiophene rings is 1. The largest absolute Gasteiger partial charge is 0.312 e. The maximum absolute atomic E-state index is 12.9. The van der Waals surface area contributed by atoms with Crippen molar-refractivity contribution in [3.05, 3.63) is 58.0 Å². The van der Waals surface area contributed by atoms with E-state index >= 15 is 0 Å². The highest BCUT2D eigenvalue weighted by molar-refractivity contribution is 7.16. The number of nitriles is 1. The minimum absolute atomic E-state index is 0.137. The van der Waals surface area contributed by atoms with Gasteiger partial charge in [-0.3, -0.25) is 19.3 Å². The lowest BCUT2D eigenvalue weighted by Gasteiger charge is -2.17. The Morgan fingerprint density at radius 1 is 1.10 bits per heavy atom. The molecule has 1 aromatic carbocycles. The molecule has 2 aromatic rings. The molecule has 6 nitrogen and oxygen atoms in total. The Morgan fingerprint density at radius 3 is 2.27 bits per heavy atom. The van der Waals surface area contributed by atoms with Crippen molar-refractivity contribution >= 4 is 39.7 Å². The van der Waals surface area contributed by atoms with Crippen LogP contribution in [0, 0.1) is 48.9 Å². The van der Waals surface area contributed by atoms with Gasteiger partial charge in [-0.2, -0.15) is 5.26 Å². The molecule has 1 aromatic heterocycles. The first kappa shape index (κ1) is 18.8. The topological polar surface area (TPSA) is 90.3 Å². The molecule has 4 atom stereocenters. The van der Waals surface area contributed by atoms with Crippen molar-refractivity contribution in [2.24, 2.45) is 23.7 Å². The normalized spacial score (nSPS) is 26.2. The summed E-state index contributed by atoms with van der Waals surface area (Å²) in [5.41, 5.74) is 2.24. The number of benzene rings is 1. The first-order chi connectivity index (χ1) is 14.4. The third-order valence-corrected chi connectivity index (χ3v) is 7.70. The van der Waals surface area contributed by atoms with Crippen LogP contribution in [0.15, 0.2) is 36.4 Å². The highest BCUT2D eigenvalue weighted by atomic mass is 32.1. The number of hydrogen-bond donors (Lipinski definition) is 1. The minimum atomic E-state index is -0.336. The maximum Gasteiger partial charge on any atom is 0.256 e. The van der Waals surface area contributed by atoms with Crippen LogP contribution in [0.1, 0.15) is 32.8 Å². The monoisotopic (exact) mass is 417 g/mol. The molecule has 1 N–H and O–H groups in total. The van der Waals surface area contributed by atoms with E-state index in [1.165, 1.54) is 16.2 Å². The van der Waals surface area contributed by atoms with Gasteiger partial charge in [-0.05, 0) is 61.9 Å². The molecule has 7 heteroatoms. The minimum Gasteiger partial charge on any atom is -0.312 e. The zero-order valence-corrected chi connectivity index (χ0v) is 17.3. The van der Waals surface area contributed by atoms with Crippen LogP contribution >= 0.6 is 11.3 Å². The molecule has 5 rings (SSSR count). The van der Waals surface area contributed by atoms with E-state index in [2.05, 4.69) is 23.5 Å². The van der Waals surface area contributed by atoms with Gasteiger partial charge in [0.25, 0.3) is 5.91 Å². The smallest absolute Gasteiger partial charge is 0.256 e. The van der Waals surface area contributed by atoms with Gasteiger partial charge < -0.3 is 5.32 Å². The fourth-order valence-corrected chi connectivity index (χ4v) is 5.95. The maximum atomic E-state index is 12.9. The average Bonchev–Trinajstić information content (AvgIpc) is 3.47. The summed E-state index contributed by atoms with van der Waals surface area (Å²) >= 11 is 1.37. The summed E-state index contributed by atoms with van der Waals surface area (Å²) in [6, 6.07) is 8.62. The summed E-state index contributed by atoms with van der Waals surface area (Å²) in [6.45, 7) is 3.77. The quantitative estimate of drug-likeness (QED) is 0.608. The number of fused-ring (bicyclic) bond motifs is 5. The number of anilines is 2. The fraction of sp³-hybridized carbons (Fsp3) is 0.304. The predicted molar refractivity (Wildman–Crippen MR) is 113 cm³/mol. The lowest BCUT2D eigenvalue weighted by molar-refractivity contribution is -0.123. The number of carbonyl (C=O) groups excluding carboxylic acids is 3. The molecule has 1 saturated carbocycles. The summed E-state index contributed by atoms with van der Waals surface area (Å²) in [6.07, 6.45) is 5.03. The second-order valence-electron chi connectivity index (χ2n) is 8.11. The fourth-order valence-electron chi connectivity index (χ4n) is 4.94. The van der Waals surface area contributed by atoms with Crippen molar-refractivity contribution in [2.45, 2.75) is 20.3 Å². The van der Waals surface area contributed by atoms with E-state index in [0.717, 1.165) is 16.9 Å². The highest BCUT2D eigenvalue weighted by Crippen LogP contribution is 2.53. The standard InChI is InChI=1S/C23H19N3O3S/c1-11-12(2)30-21(17(11)10-24)25-20(27)13-5-7-16(8-6-13)26-22(28)18-14-3-4-15(9-14)19(18)23(26)29/h3-8,14-15,18-19H,9H2,1-2H3,(H,25,27)/t14-,15+,18+,19-. The van der Waals surface area contributed by atoms with Gasteiger partial charge in [0.05, 0.1) is 23.1 Å². The van der Waals surface area contributed by atoms with Crippen LogP contribution in [0.4, 0.5) is 10.7 Å². The van der Waals surface area contributed by atoms with E-state index in [0.29, 0.717) is 21.8 Å². The van der Waals surface area contributed by atoms with Crippen molar-refractivity contribution < 1.29 is 14.4 Å². The summed E-state index contributed by atoms with van der Waals surface area (Å²) in [5.74, 6) is -0.769. The molecule has 0 spiro atoms. The molecular formula is C23H19N3O3S. The van der Waals surface area contributed by atoms with Crippen LogP contribution in [0.5, 0.6) is 0 Å². The van der Waals surface area contributed by atoms with Crippen molar-refractivity contribution in [3.63, 3.8) is 0 Å². The Morgan fingerprint density at radius 2 is 1.70 bits per heavy atom. The average molecular weight is 417 g/mol. The lowest BCUT2D eigenvalue weighted by Crippen LogP contribution is -2.32. The number of allylic oxidation sites excluding steroid dienone is 2. The SMILES string of the molecule is Cc1sc(NC(=O)c2ccc(N3C(=O)[C@@H]4[C@H](C3=O)[C@H]3C=C[C@@H]4C3)cc2)c(C#N)c1C. The van der Waals surface area contributed by atoms with Crippen molar-refractivity contribution in [3.8, 4) is 6.07 Å². The van der Waals surface area contributed by atoms with E-state index in [1.807, 2.05) is 13.8 Å². The summed E-state index contributed by atoms with van der Waals surface area (Å²) in [7, 11) is 0. The van der Waals surface area contributed by atoms with E-state index in [4.69, 9.17) is 0 Å². The van der Waals surface area contributed by atoms with Crippen molar-refractivity contribution in [1.29, 1.82) is 5.26 Å². The van der Waals surface area contributed by atoms with Gasteiger partial charge in [-0.15, -0.1) is 11.3 Å². The molecule has 3 amide bonds. The summed E-state index contributed by atoms with van der Waals surface area (Å²) in [4.78, 5) is 40.7. The molecule has 0 unspecified atom stereocenters. The Bertz CT molecular complexity index is 1140. The Kier molecular flexibility index (Phi) is 4.16. The van der Waals surface area contributed by atoms with E-state index < -0.39 is 0 Å². The van der Waals surface area contributed by atoms with Gasteiger partial charge in [-0.1, -0.05) is 12.2 Å². The molecule has 3 aliphatic rings. The molecular weight excluding hydrogens is 398 g/mol. The number of aryl methyl sites for hydroxylation is 1. The Hall–Kier alpha value is -3.24. The van der Waals surface area contributed by atoms with Gasteiger partial charge in [0, 0.05) is 10.4 Å². The number of amides is 3. The molecule has 2 bridgehead atoms. The second-order valence-corrected chi connectivity index (χ2v) is 9.34.